The Morgan fingerprint density at radius 2 is 1.11 bits per heavy atom. The molecular formula is C43H26N2S2. The fourth-order valence-corrected chi connectivity index (χ4v) is 9.30. The SMILES string of the molecule is c1ccc(-c2nc3c(s2)-c2ccc(-c4ccc(N(c5ccccc5)c5ccc6sc7ccccc7c6c5)cc4)c4cccc-3c24)cc1. The van der Waals surface area contributed by atoms with Crippen molar-refractivity contribution in [3.05, 3.63) is 158 Å². The molecule has 0 radical (unpaired) electrons. The first-order valence-electron chi connectivity index (χ1n) is 15.8. The van der Waals surface area contributed by atoms with Crippen LogP contribution in [0.15, 0.2) is 158 Å². The maximum Gasteiger partial charge on any atom is 0.124 e. The Morgan fingerprint density at radius 1 is 0.426 bits per heavy atom. The summed E-state index contributed by atoms with van der Waals surface area (Å²) >= 11 is 3.65. The molecule has 47 heavy (non-hydrogen) atoms. The first-order valence-corrected chi connectivity index (χ1v) is 17.4. The van der Waals surface area contributed by atoms with E-state index in [9.17, 15) is 0 Å². The van der Waals surface area contributed by atoms with Crippen molar-refractivity contribution >= 4 is 70.7 Å². The lowest BCUT2D eigenvalue weighted by Crippen LogP contribution is -2.09. The average Bonchev–Trinajstić information content (AvgIpc) is 3.82. The van der Waals surface area contributed by atoms with E-state index in [1.165, 1.54) is 63.6 Å². The number of hydrogen-bond acceptors (Lipinski definition) is 4. The second kappa shape index (κ2) is 10.5. The van der Waals surface area contributed by atoms with Crippen LogP contribution in [0.25, 0.3) is 74.3 Å². The van der Waals surface area contributed by atoms with Crippen molar-refractivity contribution in [2.75, 3.05) is 4.90 Å². The van der Waals surface area contributed by atoms with Crippen molar-refractivity contribution < 1.29 is 0 Å². The molecule has 2 heterocycles. The minimum atomic E-state index is 1.08. The number of anilines is 3. The van der Waals surface area contributed by atoms with E-state index in [0.29, 0.717) is 0 Å². The molecule has 0 unspecified atom stereocenters. The van der Waals surface area contributed by atoms with Gasteiger partial charge in [-0.2, -0.15) is 0 Å². The van der Waals surface area contributed by atoms with Crippen LogP contribution in [0.3, 0.4) is 0 Å². The van der Waals surface area contributed by atoms with E-state index in [4.69, 9.17) is 4.98 Å². The van der Waals surface area contributed by atoms with E-state index in [2.05, 4.69) is 163 Å². The van der Waals surface area contributed by atoms with Crippen LogP contribution in [-0.2, 0) is 0 Å². The van der Waals surface area contributed by atoms with E-state index >= 15 is 0 Å². The number of benzene rings is 7. The van der Waals surface area contributed by atoms with E-state index in [1.807, 2.05) is 11.3 Å². The Hall–Kier alpha value is -5.55. The maximum absolute atomic E-state index is 5.14. The van der Waals surface area contributed by atoms with Gasteiger partial charge in [0.25, 0.3) is 0 Å². The van der Waals surface area contributed by atoms with E-state index in [-0.39, 0.29) is 0 Å². The zero-order chi connectivity index (χ0) is 30.9. The number of rotatable bonds is 5. The van der Waals surface area contributed by atoms with Crippen LogP contribution in [0, 0.1) is 0 Å². The van der Waals surface area contributed by atoms with Crippen molar-refractivity contribution in [1.29, 1.82) is 0 Å². The fourth-order valence-electron chi connectivity index (χ4n) is 7.10. The summed E-state index contributed by atoms with van der Waals surface area (Å²) in [5.41, 5.74) is 10.7. The van der Waals surface area contributed by atoms with E-state index in [0.717, 1.165) is 27.8 Å². The lowest BCUT2D eigenvalue weighted by atomic mass is 9.95. The van der Waals surface area contributed by atoms with Crippen LogP contribution in [-0.4, -0.2) is 4.98 Å². The molecule has 10 rings (SSSR count). The highest BCUT2D eigenvalue weighted by Crippen LogP contribution is 2.53. The molecule has 0 N–H and O–H groups in total. The third-order valence-corrected chi connectivity index (χ3v) is 11.5. The van der Waals surface area contributed by atoms with Crippen LogP contribution in [0.5, 0.6) is 0 Å². The van der Waals surface area contributed by atoms with Crippen molar-refractivity contribution in [3.63, 3.8) is 0 Å². The second-order valence-electron chi connectivity index (χ2n) is 11.9. The quantitative estimate of drug-likeness (QED) is 0.187. The first-order chi connectivity index (χ1) is 23.3. The van der Waals surface area contributed by atoms with Gasteiger partial charge in [-0.25, -0.2) is 4.98 Å². The summed E-state index contributed by atoms with van der Waals surface area (Å²) in [5.74, 6) is 0. The van der Waals surface area contributed by atoms with Gasteiger partial charge in [-0.05, 0) is 65.0 Å². The average molecular weight is 635 g/mol. The summed E-state index contributed by atoms with van der Waals surface area (Å²) in [4.78, 5) is 8.77. The third-order valence-electron chi connectivity index (χ3n) is 9.26. The number of thiophene rings is 1. The van der Waals surface area contributed by atoms with Gasteiger partial charge in [-0.3, -0.25) is 0 Å². The molecule has 2 aromatic heterocycles. The van der Waals surface area contributed by atoms with Crippen LogP contribution in [0.4, 0.5) is 17.1 Å². The number of nitrogens with zero attached hydrogens (tertiary/aromatic N) is 2. The molecule has 0 bridgehead atoms. The highest BCUT2D eigenvalue weighted by Gasteiger charge is 2.27. The molecule has 4 heteroatoms. The van der Waals surface area contributed by atoms with Gasteiger partial charge < -0.3 is 4.90 Å². The molecule has 9 aromatic rings. The van der Waals surface area contributed by atoms with Gasteiger partial charge in [-0.15, -0.1) is 22.7 Å². The summed E-state index contributed by atoms with van der Waals surface area (Å²) in [6, 6.07) is 57.0. The zero-order valence-electron chi connectivity index (χ0n) is 25.2. The van der Waals surface area contributed by atoms with E-state index < -0.39 is 0 Å². The summed E-state index contributed by atoms with van der Waals surface area (Å²) in [6.45, 7) is 0. The molecule has 0 atom stereocenters. The minimum Gasteiger partial charge on any atom is -0.310 e. The Labute approximate surface area is 280 Å². The number of thiazole rings is 1. The molecule has 0 saturated carbocycles. The molecule has 0 amide bonds. The summed E-state index contributed by atoms with van der Waals surface area (Å²) < 4.78 is 2.63. The standard InChI is InChI=1S/C43H26N2S2/c1-3-10-28(11-4-1)43-44-41-35-16-9-15-34-32(23-24-36(40(34)35)42(41)47-43)27-18-20-30(21-19-27)45(29-12-5-2-6-13-29)31-22-25-39-37(26-31)33-14-7-8-17-38(33)46-39/h1-26H. The Balaban J connectivity index is 1.06. The lowest BCUT2D eigenvalue weighted by molar-refractivity contribution is 1.29. The van der Waals surface area contributed by atoms with Gasteiger partial charge >= 0.3 is 0 Å². The molecule has 1 aliphatic carbocycles. The third kappa shape index (κ3) is 4.19. The largest absolute Gasteiger partial charge is 0.310 e. The van der Waals surface area contributed by atoms with Crippen molar-refractivity contribution in [1.82, 2.24) is 4.98 Å². The number of fused-ring (bicyclic) bond motifs is 6. The van der Waals surface area contributed by atoms with Crippen LogP contribution >= 0.6 is 22.7 Å². The van der Waals surface area contributed by atoms with Gasteiger partial charge in [0.15, 0.2) is 0 Å². The molecule has 2 nitrogen and oxygen atoms in total. The molecule has 0 fully saturated rings. The molecule has 0 saturated heterocycles. The number of aromatic nitrogens is 1. The van der Waals surface area contributed by atoms with Gasteiger partial charge in [0.2, 0.25) is 0 Å². The molecule has 0 spiro atoms. The molecule has 7 aromatic carbocycles. The second-order valence-corrected chi connectivity index (χ2v) is 14.0. The summed E-state index contributed by atoms with van der Waals surface area (Å²) in [5, 5.41) is 6.27. The lowest BCUT2D eigenvalue weighted by Gasteiger charge is -2.26. The van der Waals surface area contributed by atoms with Gasteiger partial charge in [0.05, 0.1) is 10.6 Å². The first kappa shape index (κ1) is 26.6. The predicted octanol–water partition coefficient (Wildman–Crippen LogP) is 13.1. The Morgan fingerprint density at radius 3 is 1.96 bits per heavy atom. The highest BCUT2D eigenvalue weighted by atomic mass is 32.1. The Bertz CT molecular complexity index is 2590. The Kier molecular flexibility index (Phi) is 5.95. The molecule has 220 valence electrons. The van der Waals surface area contributed by atoms with Crippen LogP contribution < -0.4 is 4.90 Å². The van der Waals surface area contributed by atoms with Gasteiger partial charge in [0.1, 0.15) is 5.01 Å². The van der Waals surface area contributed by atoms with Gasteiger partial charge in [-0.1, -0.05) is 109 Å². The van der Waals surface area contributed by atoms with Crippen molar-refractivity contribution in [2.45, 2.75) is 0 Å². The minimum absolute atomic E-state index is 1.08. The number of hydrogen-bond donors (Lipinski definition) is 0. The predicted molar refractivity (Wildman–Crippen MR) is 202 cm³/mol. The highest BCUT2D eigenvalue weighted by molar-refractivity contribution is 7.25. The topological polar surface area (TPSA) is 16.1 Å². The molecule has 0 aliphatic heterocycles. The van der Waals surface area contributed by atoms with Crippen molar-refractivity contribution in [3.8, 4) is 43.4 Å². The van der Waals surface area contributed by atoms with E-state index in [1.54, 1.807) is 11.3 Å². The molecular weight excluding hydrogens is 609 g/mol. The summed E-state index contributed by atoms with van der Waals surface area (Å²) in [7, 11) is 0. The maximum atomic E-state index is 5.14. The number of para-hydroxylation sites is 1. The zero-order valence-corrected chi connectivity index (χ0v) is 26.9. The normalized spacial score (nSPS) is 11.8. The van der Waals surface area contributed by atoms with Crippen LogP contribution in [0.1, 0.15) is 0 Å². The summed E-state index contributed by atoms with van der Waals surface area (Å²) in [6.07, 6.45) is 0. The monoisotopic (exact) mass is 634 g/mol. The van der Waals surface area contributed by atoms with Crippen LogP contribution in [0.2, 0.25) is 0 Å². The smallest absolute Gasteiger partial charge is 0.124 e. The van der Waals surface area contributed by atoms with Crippen molar-refractivity contribution in [2.24, 2.45) is 0 Å². The fraction of sp³-hybridized carbons (Fsp3) is 0. The van der Waals surface area contributed by atoms with Gasteiger partial charge in [0, 0.05) is 59.3 Å². The molecule has 1 aliphatic rings.